The van der Waals surface area contributed by atoms with Gasteiger partial charge in [-0.25, -0.2) is 0 Å². The van der Waals surface area contributed by atoms with Crippen molar-refractivity contribution >= 4 is 0 Å². The van der Waals surface area contributed by atoms with Crippen molar-refractivity contribution < 1.29 is 5.11 Å². The molecule has 21 heavy (non-hydrogen) atoms. The first-order chi connectivity index (χ1) is 10.1. The van der Waals surface area contributed by atoms with Gasteiger partial charge in [0.1, 0.15) is 0 Å². The highest BCUT2D eigenvalue weighted by molar-refractivity contribution is 5.41. The lowest BCUT2D eigenvalue weighted by Gasteiger charge is -2.27. The summed E-state index contributed by atoms with van der Waals surface area (Å²) in [5.41, 5.74) is 5.35. The van der Waals surface area contributed by atoms with Gasteiger partial charge < -0.3 is 5.11 Å². The van der Waals surface area contributed by atoms with Crippen molar-refractivity contribution in [3.63, 3.8) is 0 Å². The van der Waals surface area contributed by atoms with E-state index in [1.54, 1.807) is 0 Å². The van der Waals surface area contributed by atoms with E-state index in [0.717, 1.165) is 32.1 Å². The van der Waals surface area contributed by atoms with Gasteiger partial charge in [0.25, 0.3) is 0 Å². The number of unbranched alkanes of at least 4 members (excludes halogenated alkanes) is 1. The molecule has 1 heteroatoms. The van der Waals surface area contributed by atoms with E-state index >= 15 is 0 Å². The number of hydrogen-bond acceptors (Lipinski definition) is 1. The molecule has 2 atom stereocenters. The van der Waals surface area contributed by atoms with Crippen molar-refractivity contribution in [3.05, 3.63) is 34.4 Å². The van der Waals surface area contributed by atoms with Gasteiger partial charge in [0.2, 0.25) is 0 Å². The van der Waals surface area contributed by atoms with Crippen LogP contribution in [0.3, 0.4) is 0 Å². The van der Waals surface area contributed by atoms with E-state index in [1.165, 1.54) is 35.1 Å². The van der Waals surface area contributed by atoms with Crippen LogP contribution in [0.4, 0.5) is 0 Å². The first-order valence-corrected chi connectivity index (χ1v) is 8.95. The van der Waals surface area contributed by atoms with Gasteiger partial charge in [-0.15, -0.1) is 0 Å². The van der Waals surface area contributed by atoms with Gasteiger partial charge >= 0.3 is 0 Å². The van der Waals surface area contributed by atoms with E-state index in [2.05, 4.69) is 46.8 Å². The molecule has 0 amide bonds. The highest BCUT2D eigenvalue weighted by atomic mass is 16.3. The van der Waals surface area contributed by atoms with Gasteiger partial charge in [-0.3, -0.25) is 0 Å². The summed E-state index contributed by atoms with van der Waals surface area (Å²) in [5, 5.41) is 11.0. The zero-order chi connectivity index (χ0) is 15.8. The second kappa shape index (κ2) is 9.25. The topological polar surface area (TPSA) is 20.2 Å². The molecule has 0 heterocycles. The number of benzene rings is 1. The third kappa shape index (κ3) is 4.57. The summed E-state index contributed by atoms with van der Waals surface area (Å²) in [6.07, 6.45) is 7.42. The van der Waals surface area contributed by atoms with Crippen molar-refractivity contribution in [2.45, 2.75) is 85.7 Å². The maximum absolute atomic E-state index is 11.0. The Labute approximate surface area is 131 Å². The minimum Gasteiger partial charge on any atom is -0.388 e. The lowest BCUT2D eigenvalue weighted by Crippen LogP contribution is -2.16. The third-order valence-corrected chi connectivity index (χ3v) is 4.78. The number of aliphatic hydroxyl groups is 1. The minimum absolute atomic E-state index is 0.294. The van der Waals surface area contributed by atoms with Crippen LogP contribution < -0.4 is 0 Å². The lowest BCUT2D eigenvalue weighted by molar-refractivity contribution is 0.0973. The molecule has 0 fully saturated rings. The molecule has 0 radical (unpaired) electrons. The Bertz CT molecular complexity index is 397. The fraction of sp³-hybridized carbons (Fsp3) is 0.700. The lowest BCUT2D eigenvalue weighted by atomic mass is 9.82. The summed E-state index contributed by atoms with van der Waals surface area (Å²) in [6, 6.07) is 4.62. The normalized spacial score (nSPS) is 14.2. The maximum atomic E-state index is 11.0. The Kier molecular flexibility index (Phi) is 8.03. The number of rotatable bonds is 9. The summed E-state index contributed by atoms with van der Waals surface area (Å²) >= 11 is 0. The fourth-order valence-electron chi connectivity index (χ4n) is 3.31. The second-order valence-electron chi connectivity index (χ2n) is 6.14. The monoisotopic (exact) mass is 290 g/mol. The standard InChI is InChI=1S/C20H34O/c1-6-11-12-16(8-3)20(21)19-17(9-4)13-15(7-2)14-18(19)10-5/h13-14,16,20-21H,6-12H2,1-5H3. The number of aliphatic hydroxyl groups excluding tert-OH is 1. The minimum atomic E-state index is -0.294. The van der Waals surface area contributed by atoms with Crippen LogP contribution in [0.1, 0.15) is 88.7 Å². The van der Waals surface area contributed by atoms with Crippen LogP contribution in [0, 0.1) is 5.92 Å². The first kappa shape index (κ1) is 18.2. The average Bonchev–Trinajstić information content (AvgIpc) is 2.53. The Hall–Kier alpha value is -0.820. The predicted molar refractivity (Wildman–Crippen MR) is 92.8 cm³/mol. The van der Waals surface area contributed by atoms with Gasteiger partial charge in [0.15, 0.2) is 0 Å². The molecule has 1 aromatic carbocycles. The highest BCUT2D eigenvalue weighted by Crippen LogP contribution is 2.34. The van der Waals surface area contributed by atoms with Gasteiger partial charge in [-0.05, 0) is 53.9 Å². The second-order valence-corrected chi connectivity index (χ2v) is 6.14. The molecule has 0 saturated carbocycles. The Morgan fingerprint density at radius 2 is 1.48 bits per heavy atom. The van der Waals surface area contributed by atoms with Crippen molar-refractivity contribution in [1.29, 1.82) is 0 Å². The van der Waals surface area contributed by atoms with E-state index in [4.69, 9.17) is 0 Å². The van der Waals surface area contributed by atoms with E-state index in [1.807, 2.05) is 0 Å². The molecule has 0 saturated heterocycles. The van der Waals surface area contributed by atoms with E-state index in [-0.39, 0.29) is 6.10 Å². The Balaban J connectivity index is 3.18. The van der Waals surface area contributed by atoms with Crippen LogP contribution in [0.5, 0.6) is 0 Å². The fourth-order valence-corrected chi connectivity index (χ4v) is 3.31. The van der Waals surface area contributed by atoms with Gasteiger partial charge in [0, 0.05) is 0 Å². The van der Waals surface area contributed by atoms with Gasteiger partial charge in [-0.2, -0.15) is 0 Å². The van der Waals surface area contributed by atoms with Gasteiger partial charge in [0.05, 0.1) is 6.10 Å². The van der Waals surface area contributed by atoms with Crippen LogP contribution in [-0.4, -0.2) is 5.11 Å². The van der Waals surface area contributed by atoms with Crippen LogP contribution in [0.2, 0.25) is 0 Å². The average molecular weight is 290 g/mol. The molecule has 0 spiro atoms. The van der Waals surface area contributed by atoms with E-state index < -0.39 is 0 Å². The molecule has 0 aliphatic carbocycles. The zero-order valence-electron chi connectivity index (χ0n) is 14.7. The van der Waals surface area contributed by atoms with Gasteiger partial charge in [-0.1, -0.05) is 66.0 Å². The SMILES string of the molecule is CCCCC(CC)C(O)c1c(CC)cc(CC)cc1CC. The van der Waals surface area contributed by atoms with Crippen molar-refractivity contribution in [2.24, 2.45) is 5.92 Å². The maximum Gasteiger partial charge on any atom is 0.0823 e. The summed E-state index contributed by atoms with van der Waals surface area (Å²) in [5.74, 6) is 0.396. The molecule has 1 rings (SSSR count). The molecule has 120 valence electrons. The third-order valence-electron chi connectivity index (χ3n) is 4.78. The van der Waals surface area contributed by atoms with Crippen LogP contribution in [-0.2, 0) is 19.3 Å². The first-order valence-electron chi connectivity index (χ1n) is 8.95. The van der Waals surface area contributed by atoms with Crippen LogP contribution in [0.15, 0.2) is 12.1 Å². The zero-order valence-corrected chi connectivity index (χ0v) is 14.7. The molecule has 0 aromatic heterocycles. The smallest absolute Gasteiger partial charge is 0.0823 e. The summed E-state index contributed by atoms with van der Waals surface area (Å²) in [7, 11) is 0. The summed E-state index contributed by atoms with van der Waals surface area (Å²) < 4.78 is 0. The summed E-state index contributed by atoms with van der Waals surface area (Å²) in [4.78, 5) is 0. The van der Waals surface area contributed by atoms with Crippen LogP contribution >= 0.6 is 0 Å². The molecule has 2 unspecified atom stereocenters. The number of hydrogen-bond donors (Lipinski definition) is 1. The van der Waals surface area contributed by atoms with Crippen molar-refractivity contribution in [1.82, 2.24) is 0 Å². The molecule has 1 N–H and O–H groups in total. The molecule has 1 nitrogen and oxygen atoms in total. The molecular weight excluding hydrogens is 256 g/mol. The van der Waals surface area contributed by atoms with E-state index in [0.29, 0.717) is 5.92 Å². The van der Waals surface area contributed by atoms with Crippen molar-refractivity contribution in [3.8, 4) is 0 Å². The molecular formula is C20H34O. The highest BCUT2D eigenvalue weighted by Gasteiger charge is 2.23. The predicted octanol–water partition coefficient (Wildman–Crippen LogP) is 5.62. The molecule has 0 aliphatic heterocycles. The number of aryl methyl sites for hydroxylation is 3. The Morgan fingerprint density at radius 1 is 0.905 bits per heavy atom. The quantitative estimate of drug-likeness (QED) is 0.625. The van der Waals surface area contributed by atoms with Crippen LogP contribution in [0.25, 0.3) is 0 Å². The molecule has 0 aliphatic rings. The molecule has 0 bridgehead atoms. The Morgan fingerprint density at radius 3 is 1.86 bits per heavy atom. The van der Waals surface area contributed by atoms with E-state index in [9.17, 15) is 5.11 Å². The summed E-state index contributed by atoms with van der Waals surface area (Å²) in [6.45, 7) is 11.1. The molecule has 1 aromatic rings. The van der Waals surface area contributed by atoms with Crippen molar-refractivity contribution in [2.75, 3.05) is 0 Å². The largest absolute Gasteiger partial charge is 0.388 e.